The van der Waals surface area contributed by atoms with E-state index in [1.54, 1.807) is 0 Å². The average molecular weight is 209 g/mol. The van der Waals surface area contributed by atoms with Gasteiger partial charge >= 0.3 is 5.97 Å². The number of aryl methyl sites for hydroxylation is 1. The van der Waals surface area contributed by atoms with Crippen LogP contribution in [0.5, 0.6) is 0 Å². The molecule has 4 nitrogen and oxygen atoms in total. The van der Waals surface area contributed by atoms with Crippen molar-refractivity contribution in [2.24, 2.45) is 5.41 Å². The summed E-state index contributed by atoms with van der Waals surface area (Å²) in [6.07, 6.45) is 1.57. The summed E-state index contributed by atoms with van der Waals surface area (Å²) in [4.78, 5) is 10.9. The average Bonchev–Trinajstić information content (AvgIpc) is 2.86. The minimum absolute atomic E-state index is 0.498. The van der Waals surface area contributed by atoms with Gasteiger partial charge in [0.05, 0.1) is 12.0 Å². The Labute approximate surface area is 88.3 Å². The molecule has 1 aliphatic carbocycles. The van der Waals surface area contributed by atoms with Gasteiger partial charge in [-0.15, -0.1) is 0 Å². The first-order valence-electron chi connectivity index (χ1n) is 5.12. The SMILES string of the molecule is Cc1ccc(CNCC2(C(=O)O)CC2)o1. The summed E-state index contributed by atoms with van der Waals surface area (Å²) in [6.45, 7) is 3.02. The second-order valence-corrected chi connectivity index (χ2v) is 4.20. The third kappa shape index (κ3) is 2.21. The fraction of sp³-hybridized carbons (Fsp3) is 0.545. The molecule has 0 atom stereocenters. The number of hydrogen-bond donors (Lipinski definition) is 2. The number of nitrogens with one attached hydrogen (secondary N) is 1. The van der Waals surface area contributed by atoms with Gasteiger partial charge in [-0.1, -0.05) is 0 Å². The second-order valence-electron chi connectivity index (χ2n) is 4.20. The van der Waals surface area contributed by atoms with E-state index in [1.165, 1.54) is 0 Å². The highest BCUT2D eigenvalue weighted by molar-refractivity contribution is 5.78. The molecule has 0 aliphatic heterocycles. The largest absolute Gasteiger partial charge is 0.481 e. The highest BCUT2D eigenvalue weighted by atomic mass is 16.4. The van der Waals surface area contributed by atoms with Crippen LogP contribution in [0, 0.1) is 12.3 Å². The molecule has 2 N–H and O–H groups in total. The Hall–Kier alpha value is -1.29. The molecule has 1 aromatic rings. The van der Waals surface area contributed by atoms with E-state index in [0.29, 0.717) is 13.1 Å². The van der Waals surface area contributed by atoms with Crippen LogP contribution < -0.4 is 5.32 Å². The van der Waals surface area contributed by atoms with Gasteiger partial charge in [-0.05, 0) is 31.9 Å². The lowest BCUT2D eigenvalue weighted by atomic mass is 10.1. The van der Waals surface area contributed by atoms with Crippen LogP contribution in [0.15, 0.2) is 16.5 Å². The fourth-order valence-corrected chi connectivity index (χ4v) is 1.62. The van der Waals surface area contributed by atoms with Crippen molar-refractivity contribution in [3.05, 3.63) is 23.7 Å². The van der Waals surface area contributed by atoms with Crippen molar-refractivity contribution in [3.8, 4) is 0 Å². The molecule has 0 bridgehead atoms. The van der Waals surface area contributed by atoms with Gasteiger partial charge in [0.2, 0.25) is 0 Å². The number of carboxylic acid groups (broad SMARTS) is 1. The van der Waals surface area contributed by atoms with Gasteiger partial charge in [-0.3, -0.25) is 4.79 Å². The molecule has 0 saturated heterocycles. The maximum Gasteiger partial charge on any atom is 0.310 e. The van der Waals surface area contributed by atoms with E-state index in [1.807, 2.05) is 19.1 Å². The van der Waals surface area contributed by atoms with Crippen LogP contribution in [-0.2, 0) is 11.3 Å². The maximum atomic E-state index is 10.9. The predicted octanol–water partition coefficient (Wildman–Crippen LogP) is 1.54. The third-order valence-corrected chi connectivity index (χ3v) is 2.87. The predicted molar refractivity (Wildman–Crippen MR) is 54.5 cm³/mol. The molecule has 1 fully saturated rings. The lowest BCUT2D eigenvalue weighted by molar-refractivity contribution is -0.143. The molecule has 4 heteroatoms. The van der Waals surface area contributed by atoms with E-state index in [2.05, 4.69) is 5.32 Å². The standard InChI is InChI=1S/C11H15NO3/c1-8-2-3-9(15-8)6-12-7-11(4-5-11)10(13)14/h2-3,12H,4-7H2,1H3,(H,13,14). The zero-order valence-electron chi connectivity index (χ0n) is 8.75. The summed E-state index contributed by atoms with van der Waals surface area (Å²) in [5.74, 6) is 1.05. The Kier molecular flexibility index (Phi) is 2.52. The van der Waals surface area contributed by atoms with Crippen molar-refractivity contribution in [3.63, 3.8) is 0 Å². The van der Waals surface area contributed by atoms with Gasteiger partial charge in [-0.2, -0.15) is 0 Å². The molecule has 1 aliphatic rings. The summed E-state index contributed by atoms with van der Waals surface area (Å²) < 4.78 is 5.37. The Balaban J connectivity index is 1.78. The molecular formula is C11H15NO3. The zero-order valence-corrected chi connectivity index (χ0v) is 8.75. The molecule has 0 unspecified atom stereocenters. The third-order valence-electron chi connectivity index (χ3n) is 2.87. The van der Waals surface area contributed by atoms with E-state index < -0.39 is 11.4 Å². The first-order chi connectivity index (χ1) is 7.12. The summed E-state index contributed by atoms with van der Waals surface area (Å²) in [5, 5.41) is 12.1. The summed E-state index contributed by atoms with van der Waals surface area (Å²) in [5.41, 5.74) is -0.498. The van der Waals surface area contributed by atoms with Gasteiger partial charge in [0, 0.05) is 6.54 Å². The molecule has 0 spiro atoms. The Morgan fingerprint density at radius 2 is 2.33 bits per heavy atom. The molecule has 1 heterocycles. The Morgan fingerprint density at radius 1 is 1.60 bits per heavy atom. The van der Waals surface area contributed by atoms with Crippen LogP contribution >= 0.6 is 0 Å². The quantitative estimate of drug-likeness (QED) is 0.772. The minimum atomic E-state index is -0.689. The molecule has 0 radical (unpaired) electrons. The number of furan rings is 1. The molecule has 15 heavy (non-hydrogen) atoms. The van der Waals surface area contributed by atoms with Crippen LogP contribution in [-0.4, -0.2) is 17.6 Å². The van der Waals surface area contributed by atoms with Crippen LogP contribution in [0.1, 0.15) is 24.4 Å². The number of hydrogen-bond acceptors (Lipinski definition) is 3. The molecule has 0 amide bonds. The molecule has 0 aromatic carbocycles. The van der Waals surface area contributed by atoms with Gasteiger partial charge in [0.15, 0.2) is 0 Å². The Morgan fingerprint density at radius 3 is 2.80 bits per heavy atom. The monoisotopic (exact) mass is 209 g/mol. The van der Waals surface area contributed by atoms with Crippen LogP contribution in [0.3, 0.4) is 0 Å². The van der Waals surface area contributed by atoms with Gasteiger partial charge in [0.1, 0.15) is 11.5 Å². The first-order valence-corrected chi connectivity index (χ1v) is 5.12. The van der Waals surface area contributed by atoms with Crippen molar-refractivity contribution in [1.82, 2.24) is 5.32 Å². The van der Waals surface area contributed by atoms with Crippen molar-refractivity contribution in [2.75, 3.05) is 6.54 Å². The highest BCUT2D eigenvalue weighted by Crippen LogP contribution is 2.45. The molecular weight excluding hydrogens is 194 g/mol. The van der Waals surface area contributed by atoms with Crippen LogP contribution in [0.2, 0.25) is 0 Å². The maximum absolute atomic E-state index is 10.9. The van der Waals surface area contributed by atoms with E-state index in [9.17, 15) is 4.79 Å². The number of carbonyl (C=O) groups is 1. The Bertz CT molecular complexity index is 366. The van der Waals surface area contributed by atoms with Crippen molar-refractivity contribution < 1.29 is 14.3 Å². The van der Waals surface area contributed by atoms with Crippen molar-refractivity contribution in [2.45, 2.75) is 26.3 Å². The zero-order chi connectivity index (χ0) is 10.9. The highest BCUT2D eigenvalue weighted by Gasteiger charge is 2.49. The van der Waals surface area contributed by atoms with E-state index in [4.69, 9.17) is 9.52 Å². The van der Waals surface area contributed by atoms with Crippen LogP contribution in [0.25, 0.3) is 0 Å². The van der Waals surface area contributed by atoms with E-state index >= 15 is 0 Å². The lowest BCUT2D eigenvalue weighted by Gasteiger charge is -2.09. The van der Waals surface area contributed by atoms with Crippen molar-refractivity contribution in [1.29, 1.82) is 0 Å². The minimum Gasteiger partial charge on any atom is -0.481 e. The molecule has 1 aromatic heterocycles. The fourth-order valence-electron chi connectivity index (χ4n) is 1.62. The van der Waals surface area contributed by atoms with Gasteiger partial charge < -0.3 is 14.8 Å². The summed E-state index contributed by atoms with van der Waals surface area (Å²) in [7, 11) is 0. The number of carboxylic acids is 1. The molecule has 2 rings (SSSR count). The molecule has 82 valence electrons. The van der Waals surface area contributed by atoms with Gasteiger partial charge in [0.25, 0.3) is 0 Å². The lowest BCUT2D eigenvalue weighted by Crippen LogP contribution is -2.29. The normalized spacial score (nSPS) is 17.7. The molecule has 1 saturated carbocycles. The number of rotatable bonds is 5. The number of aliphatic carboxylic acids is 1. The van der Waals surface area contributed by atoms with Crippen molar-refractivity contribution >= 4 is 5.97 Å². The summed E-state index contributed by atoms with van der Waals surface area (Å²) in [6, 6.07) is 3.81. The topological polar surface area (TPSA) is 62.5 Å². The van der Waals surface area contributed by atoms with E-state index in [0.717, 1.165) is 24.4 Å². The summed E-state index contributed by atoms with van der Waals surface area (Å²) >= 11 is 0. The first kappa shape index (κ1) is 10.2. The second kappa shape index (κ2) is 3.70. The van der Waals surface area contributed by atoms with Gasteiger partial charge in [-0.25, -0.2) is 0 Å². The smallest absolute Gasteiger partial charge is 0.310 e. The van der Waals surface area contributed by atoms with E-state index in [-0.39, 0.29) is 0 Å². The van der Waals surface area contributed by atoms with Crippen LogP contribution in [0.4, 0.5) is 0 Å².